The largest absolute Gasteiger partial charge is 0.479 e. The van der Waals surface area contributed by atoms with Crippen LogP contribution in [0.3, 0.4) is 0 Å². The normalized spacial score (nSPS) is 15.6. The molecule has 1 aliphatic rings. The Hall–Kier alpha value is -3.68. The molecule has 0 spiro atoms. The van der Waals surface area contributed by atoms with Gasteiger partial charge in [-0.1, -0.05) is 5.16 Å². The van der Waals surface area contributed by atoms with E-state index in [0.29, 0.717) is 22.9 Å². The molecular formula is C18H14N4O4. The van der Waals surface area contributed by atoms with Crippen LogP contribution in [0.25, 0.3) is 11.3 Å². The molecule has 2 aromatic heterocycles. The van der Waals surface area contributed by atoms with Gasteiger partial charge in [0.15, 0.2) is 17.6 Å². The van der Waals surface area contributed by atoms with Crippen molar-refractivity contribution in [2.45, 2.75) is 13.0 Å². The van der Waals surface area contributed by atoms with Gasteiger partial charge in [0.2, 0.25) is 0 Å². The van der Waals surface area contributed by atoms with Crippen molar-refractivity contribution < 1.29 is 18.8 Å². The average Bonchev–Trinajstić information content (AvgIpc) is 3.14. The Labute approximate surface area is 148 Å². The van der Waals surface area contributed by atoms with Crippen LogP contribution >= 0.6 is 0 Å². The van der Waals surface area contributed by atoms with Gasteiger partial charge in [0.1, 0.15) is 5.75 Å². The molecule has 8 heteroatoms. The lowest BCUT2D eigenvalue weighted by molar-refractivity contribution is -0.122. The highest BCUT2D eigenvalue weighted by Gasteiger charge is 2.24. The zero-order chi connectivity index (χ0) is 18.1. The molecule has 2 amide bonds. The second-order valence-electron chi connectivity index (χ2n) is 5.73. The summed E-state index contributed by atoms with van der Waals surface area (Å²) < 4.78 is 10.7. The summed E-state index contributed by atoms with van der Waals surface area (Å²) in [7, 11) is 0. The number of anilines is 2. The molecule has 8 nitrogen and oxygen atoms in total. The van der Waals surface area contributed by atoms with Gasteiger partial charge in [0.25, 0.3) is 11.8 Å². The summed E-state index contributed by atoms with van der Waals surface area (Å²) in [6.45, 7) is 1.67. The van der Waals surface area contributed by atoms with E-state index in [-0.39, 0.29) is 11.6 Å². The van der Waals surface area contributed by atoms with E-state index in [0.717, 1.165) is 5.56 Å². The molecule has 1 unspecified atom stereocenters. The SMILES string of the molecule is CC1Oc2ccc(NC(=O)c3cc(-c4cccnc4)on3)cc2NC1=O. The number of rotatable bonds is 3. The van der Waals surface area contributed by atoms with Gasteiger partial charge >= 0.3 is 0 Å². The second-order valence-corrected chi connectivity index (χ2v) is 5.73. The molecule has 1 atom stereocenters. The van der Waals surface area contributed by atoms with Gasteiger partial charge in [-0.25, -0.2) is 0 Å². The van der Waals surface area contributed by atoms with E-state index in [1.165, 1.54) is 6.07 Å². The van der Waals surface area contributed by atoms with Gasteiger partial charge < -0.3 is 19.9 Å². The van der Waals surface area contributed by atoms with E-state index < -0.39 is 12.0 Å². The highest BCUT2D eigenvalue weighted by Crippen LogP contribution is 2.32. The maximum absolute atomic E-state index is 12.4. The predicted octanol–water partition coefficient (Wildman–Crippen LogP) is 2.71. The molecular weight excluding hydrogens is 336 g/mol. The molecule has 0 saturated heterocycles. The van der Waals surface area contributed by atoms with Crippen molar-refractivity contribution >= 4 is 23.2 Å². The summed E-state index contributed by atoms with van der Waals surface area (Å²) in [5.41, 5.74) is 1.86. The number of hydrogen-bond donors (Lipinski definition) is 2. The minimum Gasteiger partial charge on any atom is -0.479 e. The Bertz CT molecular complexity index is 984. The van der Waals surface area contributed by atoms with Crippen molar-refractivity contribution in [2.75, 3.05) is 10.6 Å². The number of ether oxygens (including phenoxy) is 1. The third kappa shape index (κ3) is 3.00. The topological polar surface area (TPSA) is 106 Å². The number of benzene rings is 1. The molecule has 4 rings (SSSR count). The molecule has 0 aliphatic carbocycles. The van der Waals surface area contributed by atoms with Crippen LogP contribution in [-0.2, 0) is 4.79 Å². The summed E-state index contributed by atoms with van der Waals surface area (Å²) in [4.78, 5) is 28.1. The molecule has 0 radical (unpaired) electrons. The van der Waals surface area contributed by atoms with Crippen molar-refractivity contribution in [1.82, 2.24) is 10.1 Å². The van der Waals surface area contributed by atoms with Crippen molar-refractivity contribution in [2.24, 2.45) is 0 Å². The number of carbonyl (C=O) groups is 2. The zero-order valence-electron chi connectivity index (χ0n) is 13.7. The molecule has 3 aromatic rings. The van der Waals surface area contributed by atoms with Crippen LogP contribution in [0.4, 0.5) is 11.4 Å². The van der Waals surface area contributed by atoms with Crippen LogP contribution < -0.4 is 15.4 Å². The fraction of sp³-hybridized carbons (Fsp3) is 0.111. The highest BCUT2D eigenvalue weighted by atomic mass is 16.5. The Morgan fingerprint density at radius 3 is 2.96 bits per heavy atom. The van der Waals surface area contributed by atoms with Crippen molar-refractivity contribution in [1.29, 1.82) is 0 Å². The summed E-state index contributed by atoms with van der Waals surface area (Å²) in [6.07, 6.45) is 2.71. The van der Waals surface area contributed by atoms with Gasteiger partial charge in [-0.15, -0.1) is 0 Å². The number of aromatic nitrogens is 2. The summed E-state index contributed by atoms with van der Waals surface area (Å²) in [6, 6.07) is 10.1. The predicted molar refractivity (Wildman–Crippen MR) is 92.8 cm³/mol. The molecule has 1 aromatic carbocycles. The number of nitrogens with one attached hydrogen (secondary N) is 2. The molecule has 26 heavy (non-hydrogen) atoms. The first kappa shape index (κ1) is 15.8. The lowest BCUT2D eigenvalue weighted by Gasteiger charge is -2.23. The average molecular weight is 350 g/mol. The minimum absolute atomic E-state index is 0.135. The maximum atomic E-state index is 12.4. The molecule has 0 bridgehead atoms. The molecule has 130 valence electrons. The number of fused-ring (bicyclic) bond motifs is 1. The van der Waals surface area contributed by atoms with Crippen LogP contribution in [0.15, 0.2) is 53.3 Å². The molecule has 0 saturated carbocycles. The van der Waals surface area contributed by atoms with Crippen LogP contribution in [0.1, 0.15) is 17.4 Å². The van der Waals surface area contributed by atoms with Crippen LogP contribution in [0, 0.1) is 0 Å². The summed E-state index contributed by atoms with van der Waals surface area (Å²) >= 11 is 0. The lowest BCUT2D eigenvalue weighted by atomic mass is 10.2. The lowest BCUT2D eigenvalue weighted by Crippen LogP contribution is -2.34. The van der Waals surface area contributed by atoms with Crippen LogP contribution in [0.2, 0.25) is 0 Å². The number of hydrogen-bond acceptors (Lipinski definition) is 6. The highest BCUT2D eigenvalue weighted by molar-refractivity contribution is 6.04. The third-order valence-corrected chi connectivity index (χ3v) is 3.86. The Morgan fingerprint density at radius 2 is 2.15 bits per heavy atom. The van der Waals surface area contributed by atoms with Crippen LogP contribution in [0.5, 0.6) is 5.75 Å². The van der Waals surface area contributed by atoms with E-state index in [1.54, 1.807) is 43.6 Å². The van der Waals surface area contributed by atoms with Gasteiger partial charge in [-0.3, -0.25) is 14.6 Å². The van der Waals surface area contributed by atoms with E-state index in [9.17, 15) is 9.59 Å². The van der Waals surface area contributed by atoms with E-state index in [2.05, 4.69) is 20.8 Å². The van der Waals surface area contributed by atoms with Gasteiger partial charge in [0, 0.05) is 29.7 Å². The third-order valence-electron chi connectivity index (χ3n) is 3.86. The van der Waals surface area contributed by atoms with Crippen LogP contribution in [-0.4, -0.2) is 28.1 Å². The number of pyridine rings is 1. The molecule has 0 fully saturated rings. The minimum atomic E-state index is -0.552. The van der Waals surface area contributed by atoms with Gasteiger partial charge in [-0.05, 0) is 37.3 Å². The first-order valence-corrected chi connectivity index (χ1v) is 7.90. The fourth-order valence-corrected chi connectivity index (χ4v) is 2.51. The Balaban J connectivity index is 1.51. The van der Waals surface area contributed by atoms with Crippen molar-refractivity contribution in [3.05, 3.63) is 54.5 Å². The molecule has 2 N–H and O–H groups in total. The van der Waals surface area contributed by atoms with Gasteiger partial charge in [0.05, 0.1) is 5.69 Å². The monoisotopic (exact) mass is 350 g/mol. The van der Waals surface area contributed by atoms with Gasteiger partial charge in [-0.2, -0.15) is 0 Å². The number of nitrogens with zero attached hydrogens (tertiary/aromatic N) is 2. The van der Waals surface area contributed by atoms with E-state index >= 15 is 0 Å². The quantitative estimate of drug-likeness (QED) is 0.752. The molecule has 1 aliphatic heterocycles. The Kier molecular flexibility index (Phi) is 3.85. The summed E-state index contributed by atoms with van der Waals surface area (Å²) in [5, 5.41) is 9.24. The zero-order valence-corrected chi connectivity index (χ0v) is 13.7. The molecule has 3 heterocycles. The maximum Gasteiger partial charge on any atom is 0.277 e. The first-order chi connectivity index (χ1) is 12.6. The van der Waals surface area contributed by atoms with E-state index in [1.807, 2.05) is 6.07 Å². The number of carbonyl (C=O) groups excluding carboxylic acids is 2. The Morgan fingerprint density at radius 1 is 1.27 bits per heavy atom. The smallest absolute Gasteiger partial charge is 0.277 e. The number of amides is 2. The van der Waals surface area contributed by atoms with Crippen molar-refractivity contribution in [3.63, 3.8) is 0 Å². The second kappa shape index (κ2) is 6.32. The first-order valence-electron chi connectivity index (χ1n) is 7.90. The van der Waals surface area contributed by atoms with Crippen molar-refractivity contribution in [3.8, 4) is 17.1 Å². The standard InChI is InChI=1S/C18H14N4O4/c1-10-17(23)21-13-7-12(4-5-15(13)25-10)20-18(24)14-8-16(26-22-14)11-3-2-6-19-9-11/h2-10H,1H3,(H,20,24)(H,21,23). The fourth-order valence-electron chi connectivity index (χ4n) is 2.51. The van der Waals surface area contributed by atoms with E-state index in [4.69, 9.17) is 9.26 Å². The summed E-state index contributed by atoms with van der Waals surface area (Å²) in [5.74, 6) is 0.331.